The molecular formula is C21H22N4O2. The Morgan fingerprint density at radius 3 is 2.70 bits per heavy atom. The van der Waals surface area contributed by atoms with Crippen LogP contribution in [0.15, 0.2) is 60.8 Å². The Bertz CT molecular complexity index is 943. The van der Waals surface area contributed by atoms with Crippen molar-refractivity contribution >= 4 is 23.2 Å². The van der Waals surface area contributed by atoms with Crippen molar-refractivity contribution in [3.63, 3.8) is 0 Å². The lowest BCUT2D eigenvalue weighted by Crippen LogP contribution is -2.21. The van der Waals surface area contributed by atoms with Crippen LogP contribution in [0.5, 0.6) is 5.75 Å². The quantitative estimate of drug-likeness (QED) is 0.712. The summed E-state index contributed by atoms with van der Waals surface area (Å²) in [6.45, 7) is 4.75. The van der Waals surface area contributed by atoms with Crippen LogP contribution in [0.4, 0.5) is 17.3 Å². The third-order valence-electron chi connectivity index (χ3n) is 4.07. The van der Waals surface area contributed by atoms with E-state index in [1.165, 1.54) is 0 Å². The molecule has 2 aromatic carbocycles. The second kappa shape index (κ2) is 8.31. The number of ether oxygens (including phenoxy) is 1. The van der Waals surface area contributed by atoms with Gasteiger partial charge in [0.1, 0.15) is 11.4 Å². The molecule has 1 aromatic heterocycles. The molecule has 0 unspecified atom stereocenters. The summed E-state index contributed by atoms with van der Waals surface area (Å²) in [7, 11) is 1.59. The molecule has 6 heteroatoms. The molecule has 0 saturated heterocycles. The highest BCUT2D eigenvalue weighted by Gasteiger charge is 2.14. The fourth-order valence-corrected chi connectivity index (χ4v) is 2.74. The molecule has 1 amide bonds. The van der Waals surface area contributed by atoms with E-state index in [1.54, 1.807) is 31.5 Å². The number of rotatable bonds is 6. The number of benzene rings is 2. The minimum Gasteiger partial charge on any atom is -0.497 e. The molecule has 0 aliphatic carbocycles. The van der Waals surface area contributed by atoms with Gasteiger partial charge in [-0.25, -0.2) is 9.97 Å². The number of carbonyl (C=O) groups excluding carboxylic acids is 1. The van der Waals surface area contributed by atoms with Crippen molar-refractivity contribution < 1.29 is 9.53 Å². The number of hydrogen-bond donors (Lipinski definition) is 1. The zero-order chi connectivity index (χ0) is 19.2. The van der Waals surface area contributed by atoms with Crippen molar-refractivity contribution in [2.45, 2.75) is 13.8 Å². The Kier molecular flexibility index (Phi) is 5.66. The van der Waals surface area contributed by atoms with Crippen molar-refractivity contribution in [2.75, 3.05) is 23.9 Å². The SMILES string of the molecule is CCN(c1cccc(C)c1)c1nccc(C(=O)Nc2cccc(OC)c2)n1. The van der Waals surface area contributed by atoms with Gasteiger partial charge in [0.15, 0.2) is 0 Å². The molecule has 1 heterocycles. The summed E-state index contributed by atoms with van der Waals surface area (Å²) < 4.78 is 5.18. The number of anilines is 3. The first-order chi connectivity index (χ1) is 13.1. The molecule has 138 valence electrons. The van der Waals surface area contributed by atoms with Crippen LogP contribution in [0.2, 0.25) is 0 Å². The van der Waals surface area contributed by atoms with E-state index in [0.29, 0.717) is 29.6 Å². The van der Waals surface area contributed by atoms with Gasteiger partial charge in [0.05, 0.1) is 7.11 Å². The van der Waals surface area contributed by atoms with Gasteiger partial charge in [-0.2, -0.15) is 0 Å². The minimum atomic E-state index is -0.299. The van der Waals surface area contributed by atoms with Gasteiger partial charge in [-0.15, -0.1) is 0 Å². The van der Waals surface area contributed by atoms with Crippen LogP contribution < -0.4 is 15.0 Å². The number of amides is 1. The van der Waals surface area contributed by atoms with Gasteiger partial charge in [0.2, 0.25) is 5.95 Å². The maximum Gasteiger partial charge on any atom is 0.274 e. The van der Waals surface area contributed by atoms with E-state index in [2.05, 4.69) is 21.4 Å². The molecule has 0 radical (unpaired) electrons. The predicted octanol–water partition coefficient (Wildman–Crippen LogP) is 4.20. The van der Waals surface area contributed by atoms with Crippen molar-refractivity contribution in [1.82, 2.24) is 9.97 Å². The largest absolute Gasteiger partial charge is 0.497 e. The van der Waals surface area contributed by atoms with Gasteiger partial charge in [-0.3, -0.25) is 4.79 Å². The summed E-state index contributed by atoms with van der Waals surface area (Å²) in [6.07, 6.45) is 1.60. The van der Waals surface area contributed by atoms with E-state index in [4.69, 9.17) is 4.74 Å². The molecule has 0 aliphatic rings. The van der Waals surface area contributed by atoms with E-state index in [0.717, 1.165) is 11.3 Å². The van der Waals surface area contributed by atoms with E-state index in [1.807, 2.05) is 49.1 Å². The highest BCUT2D eigenvalue weighted by molar-refractivity contribution is 6.03. The maximum atomic E-state index is 12.6. The number of methoxy groups -OCH3 is 1. The van der Waals surface area contributed by atoms with Crippen LogP contribution >= 0.6 is 0 Å². The molecule has 1 N–H and O–H groups in total. The smallest absolute Gasteiger partial charge is 0.274 e. The Morgan fingerprint density at radius 2 is 1.96 bits per heavy atom. The van der Waals surface area contributed by atoms with Crippen LogP contribution in [0, 0.1) is 6.92 Å². The van der Waals surface area contributed by atoms with Crippen molar-refractivity contribution in [3.05, 3.63) is 72.1 Å². The molecule has 3 aromatic rings. The molecule has 0 saturated carbocycles. The second-order valence-electron chi connectivity index (χ2n) is 6.01. The molecule has 0 fully saturated rings. The lowest BCUT2D eigenvalue weighted by molar-refractivity contribution is 0.102. The molecule has 0 atom stereocenters. The monoisotopic (exact) mass is 362 g/mol. The van der Waals surface area contributed by atoms with Crippen molar-refractivity contribution in [1.29, 1.82) is 0 Å². The fraction of sp³-hybridized carbons (Fsp3) is 0.190. The van der Waals surface area contributed by atoms with Gasteiger partial charge in [-0.1, -0.05) is 18.2 Å². The number of aryl methyl sites for hydroxylation is 1. The first-order valence-electron chi connectivity index (χ1n) is 8.73. The zero-order valence-corrected chi connectivity index (χ0v) is 15.6. The zero-order valence-electron chi connectivity index (χ0n) is 15.6. The number of hydrogen-bond acceptors (Lipinski definition) is 5. The highest BCUT2D eigenvalue weighted by atomic mass is 16.5. The van der Waals surface area contributed by atoms with Crippen LogP contribution in [0.25, 0.3) is 0 Å². The van der Waals surface area contributed by atoms with Crippen LogP contribution in [0.1, 0.15) is 23.0 Å². The Morgan fingerprint density at radius 1 is 1.15 bits per heavy atom. The Hall–Kier alpha value is -3.41. The third-order valence-corrected chi connectivity index (χ3v) is 4.07. The highest BCUT2D eigenvalue weighted by Crippen LogP contribution is 2.23. The Labute approximate surface area is 158 Å². The number of aromatic nitrogens is 2. The molecule has 6 nitrogen and oxygen atoms in total. The second-order valence-corrected chi connectivity index (χ2v) is 6.01. The lowest BCUT2D eigenvalue weighted by Gasteiger charge is -2.21. The average Bonchev–Trinajstić information content (AvgIpc) is 2.69. The van der Waals surface area contributed by atoms with E-state index < -0.39 is 0 Å². The number of nitrogens with zero attached hydrogens (tertiary/aromatic N) is 3. The summed E-state index contributed by atoms with van der Waals surface area (Å²) in [6, 6.07) is 16.9. The van der Waals surface area contributed by atoms with Gasteiger partial charge in [-0.05, 0) is 49.7 Å². The van der Waals surface area contributed by atoms with Crippen LogP contribution in [-0.4, -0.2) is 29.5 Å². The van der Waals surface area contributed by atoms with Crippen LogP contribution in [-0.2, 0) is 0 Å². The van der Waals surface area contributed by atoms with Crippen LogP contribution in [0.3, 0.4) is 0 Å². The molecule has 27 heavy (non-hydrogen) atoms. The fourth-order valence-electron chi connectivity index (χ4n) is 2.74. The third kappa shape index (κ3) is 4.41. The number of nitrogens with one attached hydrogen (secondary N) is 1. The summed E-state index contributed by atoms with van der Waals surface area (Å²) in [4.78, 5) is 23.4. The topological polar surface area (TPSA) is 67.4 Å². The molecule has 3 rings (SSSR count). The van der Waals surface area contributed by atoms with E-state index in [-0.39, 0.29) is 5.91 Å². The minimum absolute atomic E-state index is 0.299. The van der Waals surface area contributed by atoms with Crippen molar-refractivity contribution in [3.8, 4) is 5.75 Å². The van der Waals surface area contributed by atoms with Gasteiger partial charge in [0.25, 0.3) is 5.91 Å². The first kappa shape index (κ1) is 18.4. The Balaban J connectivity index is 1.84. The summed E-state index contributed by atoms with van der Waals surface area (Å²) in [5.41, 5.74) is 3.08. The maximum absolute atomic E-state index is 12.6. The number of carbonyl (C=O) groups is 1. The molecule has 0 bridgehead atoms. The normalized spacial score (nSPS) is 10.3. The van der Waals surface area contributed by atoms with E-state index in [9.17, 15) is 4.79 Å². The van der Waals surface area contributed by atoms with E-state index >= 15 is 0 Å². The molecule has 0 aliphatic heterocycles. The van der Waals surface area contributed by atoms with Gasteiger partial charge >= 0.3 is 0 Å². The van der Waals surface area contributed by atoms with Crippen molar-refractivity contribution in [2.24, 2.45) is 0 Å². The first-order valence-corrected chi connectivity index (χ1v) is 8.73. The standard InChI is InChI=1S/C21H22N4O2/c1-4-25(17-9-5-7-15(2)13-17)21-22-12-11-19(24-21)20(26)23-16-8-6-10-18(14-16)27-3/h5-14H,4H2,1-3H3,(H,23,26). The molecule has 0 spiro atoms. The summed E-state index contributed by atoms with van der Waals surface area (Å²) >= 11 is 0. The lowest BCUT2D eigenvalue weighted by atomic mass is 10.2. The predicted molar refractivity (Wildman–Crippen MR) is 107 cm³/mol. The molecular weight excluding hydrogens is 340 g/mol. The van der Waals surface area contributed by atoms with Gasteiger partial charge < -0.3 is 15.0 Å². The average molecular weight is 362 g/mol. The summed E-state index contributed by atoms with van der Waals surface area (Å²) in [5.74, 6) is 0.862. The van der Waals surface area contributed by atoms with Gasteiger partial charge in [0, 0.05) is 30.2 Å². The summed E-state index contributed by atoms with van der Waals surface area (Å²) in [5, 5.41) is 2.84.